The lowest BCUT2D eigenvalue weighted by molar-refractivity contribution is 0.0848. The molecule has 4 N–H and O–H groups in total. The number of phenols is 1. The lowest BCUT2D eigenvalue weighted by Crippen LogP contribution is -2.53. The molecule has 0 radical (unpaired) electrons. The summed E-state index contributed by atoms with van der Waals surface area (Å²) in [5.74, 6) is 0.391. The van der Waals surface area contributed by atoms with Crippen molar-refractivity contribution in [2.24, 2.45) is 11.7 Å². The number of aromatic hydroxyl groups is 1. The molecule has 27 heavy (non-hydrogen) atoms. The van der Waals surface area contributed by atoms with Crippen molar-refractivity contribution in [2.75, 3.05) is 19.6 Å². The first-order chi connectivity index (χ1) is 12.4. The van der Waals surface area contributed by atoms with E-state index in [-0.39, 0.29) is 23.7 Å². The Morgan fingerprint density at radius 1 is 1.44 bits per heavy atom. The summed E-state index contributed by atoms with van der Waals surface area (Å²) in [5, 5.41) is 10.1. The molecule has 0 spiro atoms. The number of piperidine rings is 1. The minimum absolute atomic E-state index is 0. The summed E-state index contributed by atoms with van der Waals surface area (Å²) in [6, 6.07) is 7.73. The number of carbonyl (C=O) groups is 1. The molecule has 2 aliphatic rings. The Balaban J connectivity index is 0.00000210. The van der Waals surface area contributed by atoms with Crippen molar-refractivity contribution in [3.8, 4) is 5.75 Å². The van der Waals surface area contributed by atoms with E-state index in [1.165, 1.54) is 11.1 Å². The molecule has 1 aromatic carbocycles. The first-order valence-electron chi connectivity index (χ1n) is 9.46. The van der Waals surface area contributed by atoms with Gasteiger partial charge in [0.1, 0.15) is 11.4 Å². The highest BCUT2D eigenvalue weighted by atomic mass is 35.5. The molecule has 5 nitrogen and oxygen atoms in total. The maximum absolute atomic E-state index is 11.8. The number of halogens is 1. The van der Waals surface area contributed by atoms with E-state index >= 15 is 0 Å². The molecule has 1 aliphatic heterocycles. The maximum Gasteiger partial charge on any atom is 0.265 e. The van der Waals surface area contributed by atoms with Crippen LogP contribution in [0.25, 0.3) is 0 Å². The van der Waals surface area contributed by atoms with Crippen molar-refractivity contribution in [1.29, 1.82) is 0 Å². The van der Waals surface area contributed by atoms with Crippen LogP contribution in [-0.2, 0) is 18.3 Å². The Morgan fingerprint density at radius 2 is 2.22 bits per heavy atom. The molecule has 0 saturated carbocycles. The number of benzene rings is 1. The van der Waals surface area contributed by atoms with Gasteiger partial charge in [-0.15, -0.1) is 12.4 Å². The lowest BCUT2D eigenvalue weighted by Gasteiger charge is -2.51. The fourth-order valence-corrected chi connectivity index (χ4v) is 5.15. The van der Waals surface area contributed by atoms with Gasteiger partial charge in [-0.05, 0) is 74.0 Å². The number of primary amides is 1. The molecule has 2 heterocycles. The van der Waals surface area contributed by atoms with Crippen LogP contribution in [0.2, 0.25) is 0 Å². The van der Waals surface area contributed by atoms with Crippen LogP contribution >= 0.6 is 12.4 Å². The number of nitrogens with zero attached hydrogens (tertiary/aromatic N) is 1. The minimum Gasteiger partial charge on any atom is -0.508 e. The van der Waals surface area contributed by atoms with Crippen LogP contribution in [0.4, 0.5) is 0 Å². The second-order valence-corrected chi connectivity index (χ2v) is 7.87. The van der Waals surface area contributed by atoms with Gasteiger partial charge in [-0.3, -0.25) is 4.79 Å². The highest BCUT2D eigenvalue weighted by Gasteiger charge is 2.48. The molecule has 1 fully saturated rings. The monoisotopic (exact) mass is 389 g/mol. The number of hydrogen-bond acceptors (Lipinski definition) is 3. The molecule has 1 aromatic heterocycles. The van der Waals surface area contributed by atoms with E-state index < -0.39 is 0 Å². The predicted octanol–water partition coefficient (Wildman–Crippen LogP) is 2.93. The zero-order valence-corrected chi connectivity index (χ0v) is 16.7. The zero-order chi connectivity index (χ0) is 18.5. The molecule has 1 amide bonds. The third-order valence-corrected chi connectivity index (χ3v) is 6.66. The largest absolute Gasteiger partial charge is 0.508 e. The third-order valence-electron chi connectivity index (χ3n) is 6.66. The summed E-state index contributed by atoms with van der Waals surface area (Å²) in [6.45, 7) is 7.36. The number of amides is 1. The average Bonchev–Trinajstić information content (AvgIpc) is 2.95. The fourth-order valence-electron chi connectivity index (χ4n) is 5.15. The van der Waals surface area contributed by atoms with Crippen LogP contribution in [0.3, 0.4) is 0 Å². The summed E-state index contributed by atoms with van der Waals surface area (Å²) in [4.78, 5) is 17.6. The Hall–Kier alpha value is -1.98. The number of likely N-dealkylation sites (tertiary alicyclic amines) is 1. The Morgan fingerprint density at radius 3 is 2.89 bits per heavy atom. The second-order valence-electron chi connectivity index (χ2n) is 7.87. The van der Waals surface area contributed by atoms with Gasteiger partial charge in [0, 0.05) is 17.7 Å². The van der Waals surface area contributed by atoms with Crippen molar-refractivity contribution in [1.82, 2.24) is 9.88 Å². The molecule has 6 heteroatoms. The first-order valence-corrected chi connectivity index (χ1v) is 9.46. The van der Waals surface area contributed by atoms with Crippen molar-refractivity contribution in [3.05, 3.63) is 52.3 Å². The number of carbonyl (C=O) groups excluding carboxylic acids is 1. The van der Waals surface area contributed by atoms with Gasteiger partial charge in [0.05, 0.1) is 0 Å². The van der Waals surface area contributed by atoms with E-state index in [1.54, 1.807) is 6.07 Å². The second kappa shape index (κ2) is 7.21. The van der Waals surface area contributed by atoms with Crippen molar-refractivity contribution < 1.29 is 9.90 Å². The summed E-state index contributed by atoms with van der Waals surface area (Å²) < 4.78 is 0. The number of nitrogens with two attached hydrogens (primary N) is 1. The van der Waals surface area contributed by atoms with Gasteiger partial charge in [-0.1, -0.05) is 19.1 Å². The van der Waals surface area contributed by atoms with E-state index in [1.807, 2.05) is 19.1 Å². The highest BCUT2D eigenvalue weighted by molar-refractivity contribution is 5.93. The molecule has 146 valence electrons. The van der Waals surface area contributed by atoms with Gasteiger partial charge in [-0.2, -0.15) is 0 Å². The number of hydrogen-bond donors (Lipinski definition) is 3. The van der Waals surface area contributed by atoms with Gasteiger partial charge in [0.15, 0.2) is 0 Å². The van der Waals surface area contributed by atoms with Gasteiger partial charge < -0.3 is 20.7 Å². The molecule has 2 unspecified atom stereocenters. The van der Waals surface area contributed by atoms with Crippen molar-refractivity contribution in [2.45, 2.75) is 38.5 Å². The van der Waals surface area contributed by atoms with E-state index in [0.29, 0.717) is 17.4 Å². The van der Waals surface area contributed by atoms with E-state index in [9.17, 15) is 9.90 Å². The molecule has 4 rings (SSSR count). The maximum atomic E-state index is 11.8. The normalized spacial score (nSPS) is 24.6. The van der Waals surface area contributed by atoms with Gasteiger partial charge in [0.25, 0.3) is 5.91 Å². The van der Waals surface area contributed by atoms with Crippen LogP contribution in [0.15, 0.2) is 24.3 Å². The van der Waals surface area contributed by atoms with Crippen LogP contribution in [-0.4, -0.2) is 40.5 Å². The number of fused-ring (bicyclic) bond motifs is 2. The Bertz CT molecular complexity index is 863. The minimum atomic E-state index is -0.388. The Labute approximate surface area is 166 Å². The van der Waals surface area contributed by atoms with Crippen LogP contribution < -0.4 is 5.73 Å². The van der Waals surface area contributed by atoms with E-state index in [0.717, 1.165) is 50.2 Å². The predicted molar refractivity (Wildman–Crippen MR) is 109 cm³/mol. The lowest BCUT2D eigenvalue weighted by atomic mass is 9.58. The summed E-state index contributed by atoms with van der Waals surface area (Å²) in [6.07, 6.45) is 2.86. The fraction of sp³-hybridized carbons (Fsp3) is 0.476. The van der Waals surface area contributed by atoms with Crippen molar-refractivity contribution >= 4 is 18.3 Å². The number of nitrogens with one attached hydrogen (secondary N) is 1. The van der Waals surface area contributed by atoms with Crippen LogP contribution in [0.1, 0.15) is 46.2 Å². The van der Waals surface area contributed by atoms with Crippen LogP contribution in [0, 0.1) is 12.8 Å². The SMILES string of the molecule is CCN1CCC2(c3cccc(O)c3)Cc3[nH]c(C(N)=O)c(C)c3CC2C1.Cl. The molecule has 2 atom stereocenters. The quantitative estimate of drug-likeness (QED) is 0.754. The first kappa shape index (κ1) is 19.8. The summed E-state index contributed by atoms with van der Waals surface area (Å²) in [5.41, 5.74) is 10.7. The number of aromatic nitrogens is 1. The average molecular weight is 390 g/mol. The Kier molecular flexibility index (Phi) is 5.28. The number of H-pyrrole nitrogens is 1. The summed E-state index contributed by atoms with van der Waals surface area (Å²) in [7, 11) is 0. The van der Waals surface area contributed by atoms with E-state index in [2.05, 4.69) is 22.9 Å². The van der Waals surface area contributed by atoms with Crippen molar-refractivity contribution in [3.63, 3.8) is 0 Å². The molecule has 1 saturated heterocycles. The standard InChI is InChI=1S/C21H27N3O2.ClH/c1-3-24-8-7-21(14-5-4-6-16(25)9-14)11-18-17(10-15(21)12-24)13(2)19(23-18)20(22)26;/h4-6,9,15,23,25H,3,7-8,10-12H2,1-2H3,(H2,22,26);1H. The van der Waals surface area contributed by atoms with E-state index in [4.69, 9.17) is 5.73 Å². The van der Waals surface area contributed by atoms with Gasteiger partial charge in [-0.25, -0.2) is 0 Å². The molecule has 2 aromatic rings. The topological polar surface area (TPSA) is 82.3 Å². The van der Waals surface area contributed by atoms with Gasteiger partial charge >= 0.3 is 0 Å². The third kappa shape index (κ3) is 3.13. The van der Waals surface area contributed by atoms with Gasteiger partial charge in [0.2, 0.25) is 0 Å². The van der Waals surface area contributed by atoms with Crippen LogP contribution in [0.5, 0.6) is 5.75 Å². The highest BCUT2D eigenvalue weighted by Crippen LogP contribution is 2.49. The molecule has 0 bridgehead atoms. The molecular weight excluding hydrogens is 362 g/mol. The number of rotatable bonds is 3. The molecule has 1 aliphatic carbocycles. The summed E-state index contributed by atoms with van der Waals surface area (Å²) >= 11 is 0. The smallest absolute Gasteiger partial charge is 0.265 e. The molecular formula is C21H28ClN3O2. The zero-order valence-electron chi connectivity index (χ0n) is 15.9. The number of aromatic amines is 1. The number of phenolic OH excluding ortho intramolecular Hbond substituents is 1.